The number of rotatable bonds is 6. The molecule has 1 aliphatic heterocycles. The summed E-state index contributed by atoms with van der Waals surface area (Å²) in [6, 6.07) is 25.1. The van der Waals surface area contributed by atoms with Crippen LogP contribution in [0.5, 0.6) is 0 Å². The zero-order chi connectivity index (χ0) is 25.8. The van der Waals surface area contributed by atoms with E-state index < -0.39 is 17.9 Å². The molecule has 1 fully saturated rings. The lowest BCUT2D eigenvalue weighted by atomic mass is 9.55. The smallest absolute Gasteiger partial charge is 0.243 e. The van der Waals surface area contributed by atoms with Crippen molar-refractivity contribution in [2.75, 3.05) is 0 Å². The van der Waals surface area contributed by atoms with Gasteiger partial charge in [0.2, 0.25) is 17.7 Å². The highest BCUT2D eigenvalue weighted by atomic mass is 16.2. The Bertz CT molecular complexity index is 1270. The summed E-state index contributed by atoms with van der Waals surface area (Å²) < 4.78 is 0. The van der Waals surface area contributed by atoms with Crippen LogP contribution in [0.15, 0.2) is 78.9 Å². The molecular weight excluding hydrogens is 460 g/mol. The van der Waals surface area contributed by atoms with Crippen LogP contribution in [-0.2, 0) is 14.4 Å². The Morgan fingerprint density at radius 2 is 1.16 bits per heavy atom. The average molecular weight is 493 g/mol. The Kier molecular flexibility index (Phi) is 5.74. The Balaban J connectivity index is 1.38. The van der Waals surface area contributed by atoms with Crippen LogP contribution in [0.2, 0.25) is 0 Å². The van der Waals surface area contributed by atoms with Gasteiger partial charge in [-0.3, -0.25) is 19.3 Å². The maximum atomic E-state index is 14.2. The van der Waals surface area contributed by atoms with Gasteiger partial charge >= 0.3 is 0 Å². The molecule has 37 heavy (non-hydrogen) atoms. The average Bonchev–Trinajstić information content (AvgIpc) is 3.17. The molecule has 0 saturated carbocycles. The van der Waals surface area contributed by atoms with E-state index in [1.54, 1.807) is 0 Å². The number of carbonyl (C=O) groups is 3. The summed E-state index contributed by atoms with van der Waals surface area (Å²) in [5.74, 6) is -1.84. The van der Waals surface area contributed by atoms with Gasteiger partial charge in [-0.15, -0.1) is 0 Å². The van der Waals surface area contributed by atoms with Gasteiger partial charge in [0, 0.05) is 11.8 Å². The second-order valence-corrected chi connectivity index (χ2v) is 11.1. The molecule has 1 N–H and O–H groups in total. The molecule has 1 saturated heterocycles. The van der Waals surface area contributed by atoms with Gasteiger partial charge in [-0.2, -0.15) is 0 Å². The van der Waals surface area contributed by atoms with Gasteiger partial charge in [-0.05, 0) is 47.1 Å². The summed E-state index contributed by atoms with van der Waals surface area (Å²) in [6.07, 6.45) is 0.430. The molecule has 0 radical (unpaired) electrons. The first-order valence-electron chi connectivity index (χ1n) is 13.3. The van der Waals surface area contributed by atoms with Gasteiger partial charge in [0.05, 0.1) is 17.9 Å². The molecule has 188 valence electrons. The number of likely N-dealkylation sites (tertiary alicyclic amines) is 1. The lowest BCUT2D eigenvalue weighted by molar-refractivity contribution is -0.148. The zero-order valence-electron chi connectivity index (χ0n) is 21.4. The van der Waals surface area contributed by atoms with Crippen LogP contribution in [-0.4, -0.2) is 28.7 Å². The fourth-order valence-electron chi connectivity index (χ4n) is 6.92. The van der Waals surface area contributed by atoms with E-state index in [-0.39, 0.29) is 41.5 Å². The van der Waals surface area contributed by atoms with Crippen molar-refractivity contribution in [3.05, 3.63) is 107 Å². The molecule has 0 aromatic heterocycles. The minimum absolute atomic E-state index is 0.136. The Morgan fingerprint density at radius 1 is 0.730 bits per heavy atom. The molecule has 5 heteroatoms. The zero-order valence-corrected chi connectivity index (χ0v) is 21.4. The Morgan fingerprint density at radius 3 is 1.59 bits per heavy atom. The minimum Gasteiger partial charge on any atom is -0.348 e. The number of benzene rings is 3. The summed E-state index contributed by atoms with van der Waals surface area (Å²) in [6.45, 7) is 5.98. The van der Waals surface area contributed by atoms with Crippen molar-refractivity contribution >= 4 is 17.7 Å². The van der Waals surface area contributed by atoms with E-state index in [9.17, 15) is 14.4 Å². The van der Waals surface area contributed by atoms with Crippen molar-refractivity contribution in [1.82, 2.24) is 10.2 Å². The van der Waals surface area contributed by atoms with Gasteiger partial charge in [-0.25, -0.2) is 0 Å². The van der Waals surface area contributed by atoms with Crippen LogP contribution >= 0.6 is 0 Å². The molecular formula is C32H32N2O3. The van der Waals surface area contributed by atoms with Crippen LogP contribution in [0.4, 0.5) is 0 Å². The molecule has 0 unspecified atom stereocenters. The van der Waals surface area contributed by atoms with Crippen molar-refractivity contribution in [3.63, 3.8) is 0 Å². The van der Waals surface area contributed by atoms with Crippen LogP contribution in [0.3, 0.4) is 0 Å². The van der Waals surface area contributed by atoms with Crippen molar-refractivity contribution in [2.24, 2.45) is 17.8 Å². The number of imide groups is 1. The first-order valence-corrected chi connectivity index (χ1v) is 13.3. The van der Waals surface area contributed by atoms with Crippen LogP contribution < -0.4 is 5.32 Å². The van der Waals surface area contributed by atoms with Gasteiger partial charge in [0.1, 0.15) is 6.04 Å². The van der Waals surface area contributed by atoms with Gasteiger partial charge in [0.25, 0.3) is 0 Å². The van der Waals surface area contributed by atoms with E-state index in [2.05, 4.69) is 29.6 Å². The summed E-state index contributed by atoms with van der Waals surface area (Å²) in [4.78, 5) is 43.4. The van der Waals surface area contributed by atoms with Crippen molar-refractivity contribution in [1.29, 1.82) is 0 Å². The Hall–Kier alpha value is -3.73. The molecule has 7 rings (SSSR count). The third kappa shape index (κ3) is 3.63. The van der Waals surface area contributed by atoms with Crippen molar-refractivity contribution in [3.8, 4) is 0 Å². The summed E-state index contributed by atoms with van der Waals surface area (Å²) >= 11 is 0. The van der Waals surface area contributed by atoms with E-state index in [1.807, 2.05) is 75.4 Å². The standard InChI is InChI=1S/C32H32N2O3/c1-18(2)17-25(30(35)33-19(3)20-11-5-4-6-12-20)34-31(36)28-26-21-13-7-8-14-22(21)27(29(28)32(34)37)24-16-10-9-15-23(24)26/h4-16,18-19,25-29H,17H2,1-3H3,(H,33,35)/t19-,25+,26?,27?,28-,29+/m0/s1. The van der Waals surface area contributed by atoms with Crippen molar-refractivity contribution < 1.29 is 14.4 Å². The molecule has 2 bridgehead atoms. The molecule has 4 aliphatic rings. The Labute approximate surface area is 217 Å². The fourth-order valence-corrected chi connectivity index (χ4v) is 6.92. The van der Waals surface area contributed by atoms with E-state index in [0.717, 1.165) is 27.8 Å². The summed E-state index contributed by atoms with van der Waals surface area (Å²) in [5.41, 5.74) is 5.53. The molecule has 5 nitrogen and oxygen atoms in total. The van der Waals surface area contributed by atoms with Gasteiger partial charge < -0.3 is 5.32 Å². The normalized spacial score (nSPS) is 24.9. The maximum Gasteiger partial charge on any atom is 0.243 e. The summed E-state index contributed by atoms with van der Waals surface area (Å²) in [7, 11) is 0. The third-order valence-corrected chi connectivity index (χ3v) is 8.45. The molecule has 4 atom stereocenters. The van der Waals surface area contributed by atoms with Crippen LogP contribution in [0.1, 0.15) is 72.9 Å². The maximum absolute atomic E-state index is 14.2. The monoisotopic (exact) mass is 492 g/mol. The van der Waals surface area contributed by atoms with E-state index in [4.69, 9.17) is 0 Å². The van der Waals surface area contributed by atoms with Gasteiger partial charge in [-0.1, -0.05) is 92.7 Å². The molecule has 0 spiro atoms. The molecule has 3 aromatic carbocycles. The highest BCUT2D eigenvalue weighted by Gasteiger charge is 2.63. The fraction of sp³-hybridized carbons (Fsp3) is 0.344. The van der Waals surface area contributed by atoms with Crippen molar-refractivity contribution in [2.45, 2.75) is 51.1 Å². The highest BCUT2D eigenvalue weighted by Crippen LogP contribution is 2.61. The lowest BCUT2D eigenvalue weighted by Gasteiger charge is -2.45. The predicted octanol–water partition coefficient (Wildman–Crippen LogP) is 5.17. The number of nitrogens with zero attached hydrogens (tertiary/aromatic N) is 1. The SMILES string of the molecule is CC(C)C[C@H](C(=O)N[C@@H](C)c1ccccc1)N1C(=O)[C@@H]2C3c4ccccc4C(c4ccccc43)[C@@H]2C1=O. The van der Waals surface area contributed by atoms with E-state index in [1.165, 1.54) is 4.90 Å². The van der Waals surface area contributed by atoms with E-state index in [0.29, 0.717) is 6.42 Å². The first kappa shape index (κ1) is 23.7. The molecule has 3 aliphatic carbocycles. The molecule has 1 heterocycles. The number of amides is 3. The number of hydrogen-bond acceptors (Lipinski definition) is 3. The number of nitrogens with one attached hydrogen (secondary N) is 1. The quantitative estimate of drug-likeness (QED) is 0.483. The largest absolute Gasteiger partial charge is 0.348 e. The highest BCUT2D eigenvalue weighted by molar-refractivity contribution is 6.10. The third-order valence-electron chi connectivity index (χ3n) is 8.45. The van der Waals surface area contributed by atoms with Crippen LogP contribution in [0.25, 0.3) is 0 Å². The molecule has 3 amide bonds. The second kappa shape index (κ2) is 8.98. The lowest BCUT2D eigenvalue weighted by Crippen LogP contribution is -2.51. The number of hydrogen-bond donors (Lipinski definition) is 1. The first-order chi connectivity index (χ1) is 17.9. The molecule has 3 aromatic rings. The van der Waals surface area contributed by atoms with E-state index >= 15 is 0 Å². The number of carbonyl (C=O) groups excluding carboxylic acids is 3. The summed E-state index contributed by atoms with van der Waals surface area (Å²) in [5, 5.41) is 3.09. The predicted molar refractivity (Wildman–Crippen MR) is 142 cm³/mol. The van der Waals surface area contributed by atoms with Gasteiger partial charge in [0.15, 0.2) is 0 Å². The van der Waals surface area contributed by atoms with Crippen LogP contribution in [0, 0.1) is 17.8 Å². The topological polar surface area (TPSA) is 66.5 Å². The second-order valence-electron chi connectivity index (χ2n) is 11.1. The minimum atomic E-state index is -0.831.